The summed E-state index contributed by atoms with van der Waals surface area (Å²) in [6.45, 7) is 9.11. The molecule has 8 nitrogen and oxygen atoms in total. The molecule has 2 aromatic carbocycles. The van der Waals surface area contributed by atoms with Gasteiger partial charge in [-0.05, 0) is 57.9 Å². The number of amides is 1. The molecule has 0 aliphatic carbocycles. The molecule has 1 atom stereocenters. The number of rotatable bonds is 10. The maximum absolute atomic E-state index is 13.0. The van der Waals surface area contributed by atoms with Crippen LogP contribution in [0.15, 0.2) is 54.6 Å². The highest BCUT2D eigenvalue weighted by atomic mass is 31.2. The van der Waals surface area contributed by atoms with Crippen LogP contribution in [0, 0.1) is 0 Å². The highest BCUT2D eigenvalue weighted by molar-refractivity contribution is 7.62. The number of nitrogens with one attached hydrogen (secondary N) is 1. The molecule has 0 aliphatic rings. The van der Waals surface area contributed by atoms with Gasteiger partial charge >= 0.3 is 19.7 Å². The van der Waals surface area contributed by atoms with Crippen molar-refractivity contribution in [1.29, 1.82) is 0 Å². The van der Waals surface area contributed by atoms with Crippen LogP contribution in [0.4, 0.5) is 4.79 Å². The second kappa shape index (κ2) is 12.0. The van der Waals surface area contributed by atoms with Crippen LogP contribution >= 0.6 is 7.60 Å². The Morgan fingerprint density at radius 1 is 0.939 bits per heavy atom. The molecule has 1 unspecified atom stereocenters. The lowest BCUT2D eigenvalue weighted by Crippen LogP contribution is -2.38. The van der Waals surface area contributed by atoms with Crippen LogP contribution in [0.2, 0.25) is 0 Å². The maximum atomic E-state index is 13.0. The molecule has 0 saturated heterocycles. The first-order chi connectivity index (χ1) is 15.6. The average molecular weight is 477 g/mol. The van der Waals surface area contributed by atoms with Gasteiger partial charge in [-0.2, -0.15) is 0 Å². The highest BCUT2D eigenvalue weighted by Crippen LogP contribution is 2.46. The van der Waals surface area contributed by atoms with Crippen LogP contribution in [-0.2, 0) is 34.5 Å². The molecule has 0 radical (unpaired) electrons. The van der Waals surface area contributed by atoms with E-state index in [2.05, 4.69) is 5.32 Å². The largest absolute Gasteiger partial charge is 0.459 e. The number of carbonyl (C=O) groups is 2. The van der Waals surface area contributed by atoms with Gasteiger partial charge in [0.05, 0.1) is 18.5 Å². The summed E-state index contributed by atoms with van der Waals surface area (Å²) in [6, 6.07) is 14.3. The van der Waals surface area contributed by atoms with Crippen molar-refractivity contribution < 1.29 is 32.7 Å². The Morgan fingerprint density at radius 2 is 1.52 bits per heavy atom. The van der Waals surface area contributed by atoms with Crippen molar-refractivity contribution in [2.45, 2.75) is 52.9 Å². The summed E-state index contributed by atoms with van der Waals surface area (Å²) in [5, 5.41) is 2.92. The van der Waals surface area contributed by atoms with Crippen LogP contribution in [0.1, 0.15) is 51.8 Å². The second-order valence-electron chi connectivity index (χ2n) is 8.10. The molecule has 2 rings (SSSR count). The molecule has 9 heteroatoms. The fourth-order valence-electron chi connectivity index (χ4n) is 2.89. The van der Waals surface area contributed by atoms with Gasteiger partial charge in [-0.1, -0.05) is 42.5 Å². The summed E-state index contributed by atoms with van der Waals surface area (Å²) in [6.07, 6.45) is -0.762. The molecule has 2 aromatic rings. The zero-order valence-corrected chi connectivity index (χ0v) is 20.6. The lowest BCUT2D eigenvalue weighted by Gasteiger charge is -2.23. The van der Waals surface area contributed by atoms with Crippen molar-refractivity contribution in [1.82, 2.24) is 5.32 Å². The third-order valence-corrected chi connectivity index (χ3v) is 6.39. The Labute approximate surface area is 195 Å². The number of carbonyl (C=O) groups excluding carboxylic acids is 2. The van der Waals surface area contributed by atoms with Crippen LogP contribution < -0.4 is 10.6 Å². The Bertz CT molecular complexity index is 945. The predicted molar refractivity (Wildman–Crippen MR) is 125 cm³/mol. The molecule has 0 bridgehead atoms. The van der Waals surface area contributed by atoms with Crippen LogP contribution in [0.25, 0.3) is 0 Å². The quantitative estimate of drug-likeness (QED) is 0.384. The third kappa shape index (κ3) is 8.31. The van der Waals surface area contributed by atoms with E-state index in [-0.39, 0.29) is 19.8 Å². The molecule has 0 heterocycles. The van der Waals surface area contributed by atoms with Crippen molar-refractivity contribution in [3.63, 3.8) is 0 Å². The van der Waals surface area contributed by atoms with Crippen molar-refractivity contribution >= 4 is 25.0 Å². The summed E-state index contributed by atoms with van der Waals surface area (Å²) < 4.78 is 34.5. The van der Waals surface area contributed by atoms with Crippen LogP contribution in [0.3, 0.4) is 0 Å². The van der Waals surface area contributed by atoms with Gasteiger partial charge < -0.3 is 23.8 Å². The summed E-state index contributed by atoms with van der Waals surface area (Å²) >= 11 is 0. The molecular weight excluding hydrogens is 445 g/mol. The standard InChI is InChI=1S/C24H32NO7P/c1-6-30-33(28,31-7-2)20-15-13-19(14-16-20)21(25-23(27)32-24(3,4)5)22(26)29-17-18-11-9-8-10-12-18/h8-16,21H,6-7,17H2,1-5H3,(H,25,27). The smallest absolute Gasteiger partial charge is 0.408 e. The monoisotopic (exact) mass is 477 g/mol. The van der Waals surface area contributed by atoms with E-state index < -0.39 is 31.3 Å². The lowest BCUT2D eigenvalue weighted by atomic mass is 10.1. The molecule has 0 saturated carbocycles. The maximum Gasteiger partial charge on any atom is 0.408 e. The molecule has 1 amide bonds. The van der Waals surface area contributed by atoms with Crippen molar-refractivity contribution in [3.8, 4) is 0 Å². The Hall–Kier alpha value is -2.67. The van der Waals surface area contributed by atoms with Crippen LogP contribution in [0.5, 0.6) is 0 Å². The number of hydrogen-bond acceptors (Lipinski definition) is 7. The second-order valence-corrected chi connectivity index (χ2v) is 10.1. The number of ether oxygens (including phenoxy) is 2. The van der Waals surface area contributed by atoms with Gasteiger partial charge in [0.15, 0.2) is 6.04 Å². The van der Waals surface area contributed by atoms with E-state index >= 15 is 0 Å². The first-order valence-electron chi connectivity index (χ1n) is 10.8. The van der Waals surface area contributed by atoms with E-state index in [1.54, 1.807) is 58.9 Å². The zero-order chi connectivity index (χ0) is 24.5. The number of alkyl carbamates (subject to hydrolysis) is 1. The van der Waals surface area contributed by atoms with Gasteiger partial charge in [-0.3, -0.25) is 4.57 Å². The molecule has 33 heavy (non-hydrogen) atoms. The van der Waals surface area contributed by atoms with Gasteiger partial charge in [0.25, 0.3) is 0 Å². The Kier molecular flexibility index (Phi) is 9.65. The molecular formula is C24H32NO7P. The minimum Gasteiger partial charge on any atom is -0.459 e. The molecule has 180 valence electrons. The summed E-state index contributed by atoms with van der Waals surface area (Å²) in [5.41, 5.74) is 0.502. The van der Waals surface area contributed by atoms with Crippen molar-refractivity contribution in [2.24, 2.45) is 0 Å². The van der Waals surface area contributed by atoms with Gasteiger partial charge in [0, 0.05) is 0 Å². The number of hydrogen-bond donors (Lipinski definition) is 1. The molecule has 0 aromatic heterocycles. The molecule has 1 N–H and O–H groups in total. The SMILES string of the molecule is CCOP(=O)(OCC)c1ccc(C(NC(=O)OC(C)(C)C)C(=O)OCc2ccccc2)cc1. The normalized spacial score (nSPS) is 12.6. The zero-order valence-electron chi connectivity index (χ0n) is 19.7. The van der Waals surface area contributed by atoms with Crippen LogP contribution in [-0.4, -0.2) is 30.9 Å². The molecule has 0 spiro atoms. The van der Waals surface area contributed by atoms with E-state index in [0.29, 0.717) is 10.9 Å². The predicted octanol–water partition coefficient (Wildman–Crippen LogP) is 4.89. The van der Waals surface area contributed by atoms with E-state index in [0.717, 1.165) is 5.56 Å². The van der Waals surface area contributed by atoms with E-state index in [9.17, 15) is 14.2 Å². The number of esters is 1. The minimum atomic E-state index is -3.48. The minimum absolute atomic E-state index is 0.0497. The van der Waals surface area contributed by atoms with E-state index in [1.807, 2.05) is 30.3 Å². The van der Waals surface area contributed by atoms with Gasteiger partial charge in [-0.25, -0.2) is 9.59 Å². The highest BCUT2D eigenvalue weighted by Gasteiger charge is 2.30. The Balaban J connectivity index is 2.26. The Morgan fingerprint density at radius 3 is 2.03 bits per heavy atom. The topological polar surface area (TPSA) is 100 Å². The summed E-state index contributed by atoms with van der Waals surface area (Å²) in [4.78, 5) is 25.3. The van der Waals surface area contributed by atoms with Gasteiger partial charge in [-0.15, -0.1) is 0 Å². The van der Waals surface area contributed by atoms with Gasteiger partial charge in [0.2, 0.25) is 0 Å². The van der Waals surface area contributed by atoms with Gasteiger partial charge in [0.1, 0.15) is 12.2 Å². The van der Waals surface area contributed by atoms with E-state index in [4.69, 9.17) is 18.5 Å². The fraction of sp³-hybridized carbons (Fsp3) is 0.417. The number of benzene rings is 2. The average Bonchev–Trinajstić information content (AvgIpc) is 2.76. The first-order valence-corrected chi connectivity index (χ1v) is 12.3. The molecule has 0 aliphatic heterocycles. The summed E-state index contributed by atoms with van der Waals surface area (Å²) in [7, 11) is -3.48. The third-order valence-electron chi connectivity index (χ3n) is 4.26. The van der Waals surface area contributed by atoms with Crippen molar-refractivity contribution in [3.05, 3.63) is 65.7 Å². The first kappa shape index (κ1) is 26.6. The van der Waals surface area contributed by atoms with E-state index in [1.165, 1.54) is 0 Å². The van der Waals surface area contributed by atoms with Crippen molar-refractivity contribution in [2.75, 3.05) is 13.2 Å². The fourth-order valence-corrected chi connectivity index (χ4v) is 4.46. The lowest BCUT2D eigenvalue weighted by molar-refractivity contribution is -0.147. The molecule has 0 fully saturated rings. The summed E-state index contributed by atoms with van der Waals surface area (Å²) in [5.74, 6) is -0.657.